The van der Waals surface area contributed by atoms with Gasteiger partial charge in [-0.25, -0.2) is 8.78 Å². The van der Waals surface area contributed by atoms with Gasteiger partial charge < -0.3 is 0 Å². The Balaban J connectivity index is 1.60. The smallest absolute Gasteiger partial charge is 0.131 e. The molecule has 32 heavy (non-hydrogen) atoms. The van der Waals surface area contributed by atoms with Crippen LogP contribution in [0.5, 0.6) is 0 Å². The van der Waals surface area contributed by atoms with Crippen LogP contribution in [0.1, 0.15) is 35.1 Å². The third-order valence-corrected chi connectivity index (χ3v) is 5.64. The highest BCUT2D eigenvalue weighted by atomic mass is 19.1. The molecule has 4 rings (SSSR count). The summed E-state index contributed by atoms with van der Waals surface area (Å²) in [5.74, 6) is -0.938. The van der Waals surface area contributed by atoms with Crippen molar-refractivity contribution in [3.05, 3.63) is 119 Å². The summed E-state index contributed by atoms with van der Waals surface area (Å²) >= 11 is 0. The molecule has 0 aromatic heterocycles. The molecule has 0 radical (unpaired) electrons. The highest BCUT2D eigenvalue weighted by Crippen LogP contribution is 2.32. The van der Waals surface area contributed by atoms with Crippen molar-refractivity contribution in [3.8, 4) is 34.4 Å². The van der Waals surface area contributed by atoms with Crippen molar-refractivity contribution in [1.29, 1.82) is 10.5 Å². The highest BCUT2D eigenvalue weighted by molar-refractivity contribution is 5.67. The fourth-order valence-electron chi connectivity index (χ4n) is 3.71. The minimum Gasteiger partial charge on any atom is -0.206 e. The first-order valence-corrected chi connectivity index (χ1v) is 10.1. The number of hydrogen-bond donors (Lipinski definition) is 0. The molecule has 0 spiro atoms. The molecule has 4 heteroatoms. The Morgan fingerprint density at radius 2 is 0.969 bits per heavy atom. The van der Waals surface area contributed by atoms with Crippen LogP contribution < -0.4 is 0 Å². The third kappa shape index (κ3) is 4.13. The van der Waals surface area contributed by atoms with Gasteiger partial charge in [0, 0.05) is 17.0 Å². The quantitative estimate of drug-likeness (QED) is 0.351. The predicted octanol–water partition coefficient (Wildman–Crippen LogP) is 7.19. The molecular weight excluding hydrogens is 402 g/mol. The summed E-state index contributed by atoms with van der Waals surface area (Å²) in [5.41, 5.74) is 4.81. The lowest BCUT2D eigenvalue weighted by Gasteiger charge is -2.15. The normalized spacial score (nSPS) is 10.6. The third-order valence-electron chi connectivity index (χ3n) is 5.64. The molecule has 0 saturated carbocycles. The molecule has 0 heterocycles. The van der Waals surface area contributed by atoms with E-state index in [0.717, 1.165) is 11.1 Å². The number of halogens is 2. The average Bonchev–Trinajstić information content (AvgIpc) is 2.83. The maximum absolute atomic E-state index is 14.9. The zero-order valence-corrected chi connectivity index (χ0v) is 17.3. The first-order chi connectivity index (χ1) is 15.5. The van der Waals surface area contributed by atoms with Gasteiger partial charge in [0.25, 0.3) is 0 Å². The summed E-state index contributed by atoms with van der Waals surface area (Å²) in [4.78, 5) is 0. The van der Waals surface area contributed by atoms with Crippen LogP contribution in [0.3, 0.4) is 0 Å². The monoisotopic (exact) mass is 420 g/mol. The van der Waals surface area contributed by atoms with E-state index in [0.29, 0.717) is 33.4 Å². The summed E-state index contributed by atoms with van der Waals surface area (Å²) in [7, 11) is 0. The second-order valence-electron chi connectivity index (χ2n) is 7.58. The lowest BCUT2D eigenvalue weighted by Crippen LogP contribution is -1.99. The maximum Gasteiger partial charge on any atom is 0.131 e. The topological polar surface area (TPSA) is 47.6 Å². The standard InChI is InChI=1S/C28H18F2N2/c1-18(23-10-12-25(27(29)14-23)21-6-2-19(16-31)3-7-21)24-11-13-26(28(30)15-24)22-8-4-20(17-32)5-9-22/h2-15,18H,1H3. The van der Waals surface area contributed by atoms with Gasteiger partial charge in [-0.3, -0.25) is 0 Å². The van der Waals surface area contributed by atoms with E-state index >= 15 is 0 Å². The summed E-state index contributed by atoms with van der Waals surface area (Å²) < 4.78 is 29.7. The highest BCUT2D eigenvalue weighted by Gasteiger charge is 2.15. The molecule has 2 nitrogen and oxygen atoms in total. The SMILES string of the molecule is CC(c1ccc(-c2ccc(C#N)cc2)c(F)c1)c1ccc(-c2ccc(C#N)cc2)c(F)c1. The Labute approximate surface area is 185 Å². The number of nitrogens with zero attached hydrogens (tertiary/aromatic N) is 2. The van der Waals surface area contributed by atoms with Crippen LogP contribution in [-0.4, -0.2) is 0 Å². The molecule has 0 fully saturated rings. The summed E-state index contributed by atoms with van der Waals surface area (Å²) in [6.45, 7) is 1.91. The molecule has 4 aromatic carbocycles. The molecule has 4 aromatic rings. The van der Waals surface area contributed by atoms with Crippen molar-refractivity contribution in [2.45, 2.75) is 12.8 Å². The van der Waals surface area contributed by atoms with E-state index in [2.05, 4.69) is 0 Å². The summed E-state index contributed by atoms with van der Waals surface area (Å²) in [6.07, 6.45) is 0. The molecule has 0 aliphatic carbocycles. The van der Waals surface area contributed by atoms with Crippen LogP contribution in [0, 0.1) is 34.3 Å². The molecule has 0 atom stereocenters. The Hall–Kier alpha value is -4.28. The van der Waals surface area contributed by atoms with Gasteiger partial charge >= 0.3 is 0 Å². The molecule has 0 amide bonds. The second-order valence-corrected chi connectivity index (χ2v) is 7.58. The zero-order chi connectivity index (χ0) is 22.7. The minimum atomic E-state index is -0.367. The maximum atomic E-state index is 14.9. The Kier molecular flexibility index (Phi) is 5.79. The Bertz CT molecular complexity index is 1250. The van der Waals surface area contributed by atoms with Crippen molar-refractivity contribution in [1.82, 2.24) is 0 Å². The van der Waals surface area contributed by atoms with Gasteiger partial charge in [0.2, 0.25) is 0 Å². The van der Waals surface area contributed by atoms with Gasteiger partial charge in [-0.05, 0) is 58.7 Å². The first kappa shape index (κ1) is 21.0. The van der Waals surface area contributed by atoms with E-state index in [1.54, 1.807) is 60.7 Å². The number of benzene rings is 4. The van der Waals surface area contributed by atoms with Gasteiger partial charge in [0.05, 0.1) is 23.3 Å². The van der Waals surface area contributed by atoms with Crippen LogP contribution in [0.15, 0.2) is 84.9 Å². The molecule has 0 unspecified atom stereocenters. The van der Waals surface area contributed by atoms with Crippen molar-refractivity contribution in [2.24, 2.45) is 0 Å². The number of nitriles is 2. The largest absolute Gasteiger partial charge is 0.206 e. The Morgan fingerprint density at radius 3 is 1.28 bits per heavy atom. The van der Waals surface area contributed by atoms with E-state index in [1.165, 1.54) is 12.1 Å². The van der Waals surface area contributed by atoms with Crippen molar-refractivity contribution < 1.29 is 8.78 Å². The molecule has 0 bridgehead atoms. The summed E-state index contributed by atoms with van der Waals surface area (Å²) in [6, 6.07) is 27.7. The minimum absolute atomic E-state index is 0.205. The van der Waals surface area contributed by atoms with Gasteiger partial charge in [-0.1, -0.05) is 55.5 Å². The molecule has 0 aliphatic rings. The lowest BCUT2D eigenvalue weighted by molar-refractivity contribution is 0.624. The van der Waals surface area contributed by atoms with Gasteiger partial charge in [-0.2, -0.15) is 10.5 Å². The molecular formula is C28H18F2N2. The van der Waals surface area contributed by atoms with E-state index in [4.69, 9.17) is 10.5 Å². The lowest BCUT2D eigenvalue weighted by atomic mass is 9.90. The molecule has 0 N–H and O–H groups in total. The second kappa shape index (κ2) is 8.84. The van der Waals surface area contributed by atoms with Gasteiger partial charge in [-0.15, -0.1) is 0 Å². The van der Waals surface area contributed by atoms with E-state index in [1.807, 2.05) is 31.2 Å². The average molecular weight is 420 g/mol. The van der Waals surface area contributed by atoms with Crippen molar-refractivity contribution >= 4 is 0 Å². The predicted molar refractivity (Wildman–Crippen MR) is 121 cm³/mol. The van der Waals surface area contributed by atoms with E-state index < -0.39 is 0 Å². The van der Waals surface area contributed by atoms with E-state index in [-0.39, 0.29) is 17.6 Å². The first-order valence-electron chi connectivity index (χ1n) is 10.1. The van der Waals surface area contributed by atoms with Crippen molar-refractivity contribution in [2.75, 3.05) is 0 Å². The van der Waals surface area contributed by atoms with E-state index in [9.17, 15) is 8.78 Å². The fourth-order valence-corrected chi connectivity index (χ4v) is 3.71. The van der Waals surface area contributed by atoms with Crippen molar-refractivity contribution in [3.63, 3.8) is 0 Å². The summed E-state index contributed by atoms with van der Waals surface area (Å²) in [5, 5.41) is 17.8. The van der Waals surface area contributed by atoms with Crippen LogP contribution in [0.2, 0.25) is 0 Å². The molecule has 0 saturated heterocycles. The van der Waals surface area contributed by atoms with Gasteiger partial charge in [0.1, 0.15) is 11.6 Å². The molecule has 154 valence electrons. The Morgan fingerprint density at radius 1 is 0.594 bits per heavy atom. The molecule has 0 aliphatic heterocycles. The van der Waals surface area contributed by atoms with Crippen LogP contribution in [-0.2, 0) is 0 Å². The van der Waals surface area contributed by atoms with Crippen LogP contribution >= 0.6 is 0 Å². The fraction of sp³-hybridized carbons (Fsp3) is 0.0714. The van der Waals surface area contributed by atoms with Crippen LogP contribution in [0.25, 0.3) is 22.3 Å². The number of hydrogen-bond acceptors (Lipinski definition) is 2. The van der Waals surface area contributed by atoms with Gasteiger partial charge in [0.15, 0.2) is 0 Å². The number of rotatable bonds is 4. The van der Waals surface area contributed by atoms with Crippen LogP contribution in [0.4, 0.5) is 8.78 Å². The zero-order valence-electron chi connectivity index (χ0n) is 17.3.